The van der Waals surface area contributed by atoms with Crippen LogP contribution in [0.1, 0.15) is 5.56 Å². The Labute approximate surface area is 196 Å². The first kappa shape index (κ1) is 22.6. The topological polar surface area (TPSA) is 94.2 Å². The number of methoxy groups -OCH3 is 1. The van der Waals surface area contributed by atoms with Gasteiger partial charge in [-0.15, -0.1) is 0 Å². The van der Waals surface area contributed by atoms with Crippen LogP contribution in [0.2, 0.25) is 0 Å². The number of nitrogens with zero attached hydrogens (tertiary/aromatic N) is 1. The van der Waals surface area contributed by atoms with Gasteiger partial charge in [-0.3, -0.25) is 14.9 Å². The number of hydrogen-bond acceptors (Lipinski definition) is 6. The van der Waals surface area contributed by atoms with Crippen molar-refractivity contribution in [1.82, 2.24) is 5.32 Å². The molecule has 0 bridgehead atoms. The van der Waals surface area contributed by atoms with Crippen molar-refractivity contribution in [3.8, 4) is 17.2 Å². The maximum absolute atomic E-state index is 13.0. The maximum atomic E-state index is 13.0. The molecule has 0 spiro atoms. The number of hydrogen-bond donors (Lipinski definition) is 1. The molecule has 172 valence electrons. The number of benzene rings is 3. The van der Waals surface area contributed by atoms with Gasteiger partial charge in [-0.25, -0.2) is 9.69 Å². The SMILES string of the molecule is COc1ccc(N2C(=O)NC(=O)/C(=C\c3ccc(OCCOc4ccccc4)cc3)C2=O)cc1. The molecule has 4 amide bonds. The molecule has 0 radical (unpaired) electrons. The molecule has 1 N–H and O–H groups in total. The number of imide groups is 2. The summed E-state index contributed by atoms with van der Waals surface area (Å²) < 4.78 is 16.4. The first-order chi connectivity index (χ1) is 16.5. The van der Waals surface area contributed by atoms with Crippen LogP contribution in [-0.4, -0.2) is 38.2 Å². The van der Waals surface area contributed by atoms with Gasteiger partial charge in [-0.05, 0) is 60.2 Å². The molecule has 0 aliphatic carbocycles. The largest absolute Gasteiger partial charge is 0.497 e. The van der Waals surface area contributed by atoms with E-state index in [1.807, 2.05) is 30.3 Å². The summed E-state index contributed by atoms with van der Waals surface area (Å²) in [6.07, 6.45) is 1.43. The highest BCUT2D eigenvalue weighted by molar-refractivity contribution is 6.39. The second kappa shape index (κ2) is 10.4. The lowest BCUT2D eigenvalue weighted by Crippen LogP contribution is -2.54. The molecule has 8 heteroatoms. The van der Waals surface area contributed by atoms with Crippen molar-refractivity contribution < 1.29 is 28.6 Å². The highest BCUT2D eigenvalue weighted by Crippen LogP contribution is 2.24. The van der Waals surface area contributed by atoms with Crippen molar-refractivity contribution in [2.24, 2.45) is 0 Å². The summed E-state index contributed by atoms with van der Waals surface area (Å²) in [5.74, 6) is 0.504. The van der Waals surface area contributed by atoms with Crippen LogP contribution in [0.4, 0.5) is 10.5 Å². The number of carbonyl (C=O) groups excluding carboxylic acids is 3. The first-order valence-corrected chi connectivity index (χ1v) is 10.5. The van der Waals surface area contributed by atoms with Gasteiger partial charge in [0.2, 0.25) is 0 Å². The predicted molar refractivity (Wildman–Crippen MR) is 126 cm³/mol. The number of ether oxygens (including phenoxy) is 3. The van der Waals surface area contributed by atoms with E-state index in [1.165, 1.54) is 13.2 Å². The molecule has 8 nitrogen and oxygen atoms in total. The van der Waals surface area contributed by atoms with Crippen LogP contribution in [0.15, 0.2) is 84.4 Å². The summed E-state index contributed by atoms with van der Waals surface area (Å²) in [7, 11) is 1.52. The van der Waals surface area contributed by atoms with E-state index in [0.29, 0.717) is 36.0 Å². The van der Waals surface area contributed by atoms with Crippen molar-refractivity contribution in [2.75, 3.05) is 25.2 Å². The minimum atomic E-state index is -0.807. The Hall–Kier alpha value is -4.59. The molecule has 3 aromatic rings. The summed E-state index contributed by atoms with van der Waals surface area (Å²) in [4.78, 5) is 38.5. The van der Waals surface area contributed by atoms with E-state index >= 15 is 0 Å². The summed E-state index contributed by atoms with van der Waals surface area (Å²) in [6.45, 7) is 0.745. The fourth-order valence-corrected chi connectivity index (χ4v) is 3.29. The minimum Gasteiger partial charge on any atom is -0.497 e. The Morgan fingerprint density at radius 3 is 1.97 bits per heavy atom. The number of barbiturate groups is 1. The van der Waals surface area contributed by atoms with Gasteiger partial charge >= 0.3 is 6.03 Å². The monoisotopic (exact) mass is 458 g/mol. The van der Waals surface area contributed by atoms with Crippen LogP contribution in [-0.2, 0) is 9.59 Å². The van der Waals surface area contributed by atoms with Crippen LogP contribution in [0.5, 0.6) is 17.2 Å². The summed E-state index contributed by atoms with van der Waals surface area (Å²) in [6, 6.07) is 21.9. The number of amides is 4. The average Bonchev–Trinajstić information content (AvgIpc) is 2.86. The highest BCUT2D eigenvalue weighted by atomic mass is 16.5. The molecule has 0 aromatic heterocycles. The molecular weight excluding hydrogens is 436 g/mol. The number of carbonyl (C=O) groups is 3. The second-order valence-corrected chi connectivity index (χ2v) is 7.23. The lowest BCUT2D eigenvalue weighted by Gasteiger charge is -2.26. The average molecular weight is 458 g/mol. The fraction of sp³-hybridized carbons (Fsp3) is 0.115. The van der Waals surface area contributed by atoms with Gasteiger partial charge in [0.05, 0.1) is 12.8 Å². The van der Waals surface area contributed by atoms with Crippen molar-refractivity contribution in [1.29, 1.82) is 0 Å². The lowest BCUT2D eigenvalue weighted by molar-refractivity contribution is -0.122. The van der Waals surface area contributed by atoms with Crippen LogP contribution in [0.25, 0.3) is 6.08 Å². The molecule has 1 fully saturated rings. The third-order valence-corrected chi connectivity index (χ3v) is 4.99. The van der Waals surface area contributed by atoms with Crippen LogP contribution in [0.3, 0.4) is 0 Å². The van der Waals surface area contributed by atoms with Gasteiger partial charge < -0.3 is 14.2 Å². The van der Waals surface area contributed by atoms with Gasteiger partial charge in [-0.1, -0.05) is 30.3 Å². The van der Waals surface area contributed by atoms with Gasteiger partial charge in [0.1, 0.15) is 36.0 Å². The summed E-state index contributed by atoms with van der Waals surface area (Å²) in [5, 5.41) is 2.21. The molecule has 0 atom stereocenters. The van der Waals surface area contributed by atoms with Gasteiger partial charge in [0.15, 0.2) is 0 Å². The van der Waals surface area contributed by atoms with E-state index < -0.39 is 17.8 Å². The molecule has 0 saturated carbocycles. The third-order valence-electron chi connectivity index (χ3n) is 4.99. The maximum Gasteiger partial charge on any atom is 0.335 e. The van der Waals surface area contributed by atoms with E-state index in [-0.39, 0.29) is 5.57 Å². The molecule has 34 heavy (non-hydrogen) atoms. The van der Waals surface area contributed by atoms with Crippen molar-refractivity contribution in [2.45, 2.75) is 0 Å². The molecule has 1 aliphatic rings. The zero-order chi connectivity index (χ0) is 23.9. The first-order valence-electron chi connectivity index (χ1n) is 10.5. The van der Waals surface area contributed by atoms with Crippen molar-refractivity contribution in [3.63, 3.8) is 0 Å². The smallest absolute Gasteiger partial charge is 0.335 e. The quantitative estimate of drug-likeness (QED) is 0.313. The number of nitrogens with one attached hydrogen (secondary N) is 1. The van der Waals surface area contributed by atoms with Crippen molar-refractivity contribution >= 4 is 29.6 Å². The molecule has 1 saturated heterocycles. The van der Waals surface area contributed by atoms with Gasteiger partial charge in [0.25, 0.3) is 11.8 Å². The van der Waals surface area contributed by atoms with E-state index in [0.717, 1.165) is 10.6 Å². The van der Waals surface area contributed by atoms with Crippen LogP contribution >= 0.6 is 0 Å². The fourth-order valence-electron chi connectivity index (χ4n) is 3.29. The summed E-state index contributed by atoms with van der Waals surface area (Å²) in [5.41, 5.74) is 0.777. The Morgan fingerprint density at radius 2 is 1.35 bits per heavy atom. The normalized spacial score (nSPS) is 14.7. The molecule has 0 unspecified atom stereocenters. The standard InChI is InChI=1S/C26H22N2O6/c1-32-20-13-9-19(10-14-20)28-25(30)23(24(29)27-26(28)31)17-18-7-11-22(12-8-18)34-16-15-33-21-5-3-2-4-6-21/h2-14,17H,15-16H2,1H3,(H,27,29,31)/b23-17+. The minimum absolute atomic E-state index is 0.152. The number of para-hydroxylation sites is 1. The molecular formula is C26H22N2O6. The summed E-state index contributed by atoms with van der Waals surface area (Å²) >= 11 is 0. The van der Waals surface area contributed by atoms with E-state index in [4.69, 9.17) is 14.2 Å². The number of urea groups is 1. The second-order valence-electron chi connectivity index (χ2n) is 7.23. The van der Waals surface area contributed by atoms with E-state index in [9.17, 15) is 14.4 Å². The Balaban J connectivity index is 1.41. The third kappa shape index (κ3) is 5.24. The number of rotatable bonds is 8. The highest BCUT2D eigenvalue weighted by Gasteiger charge is 2.36. The van der Waals surface area contributed by atoms with Crippen molar-refractivity contribution in [3.05, 3.63) is 90.0 Å². The zero-order valence-electron chi connectivity index (χ0n) is 18.4. The Bertz CT molecular complexity index is 1200. The van der Waals surface area contributed by atoms with Gasteiger partial charge in [0, 0.05) is 0 Å². The van der Waals surface area contributed by atoms with E-state index in [1.54, 1.807) is 48.5 Å². The zero-order valence-corrected chi connectivity index (χ0v) is 18.4. The Morgan fingerprint density at radius 1 is 0.765 bits per heavy atom. The van der Waals surface area contributed by atoms with Crippen LogP contribution in [0, 0.1) is 0 Å². The number of anilines is 1. The predicted octanol–water partition coefficient (Wildman–Crippen LogP) is 3.82. The van der Waals surface area contributed by atoms with E-state index in [2.05, 4.69) is 5.32 Å². The lowest BCUT2D eigenvalue weighted by atomic mass is 10.1. The Kier molecular flexibility index (Phi) is 6.88. The molecule has 1 aliphatic heterocycles. The van der Waals surface area contributed by atoms with Gasteiger partial charge in [-0.2, -0.15) is 0 Å². The molecule has 1 heterocycles. The molecule has 3 aromatic carbocycles. The van der Waals surface area contributed by atoms with Crippen LogP contribution < -0.4 is 24.4 Å². The molecule has 4 rings (SSSR count).